The molecule has 37 heavy (non-hydrogen) atoms. The van der Waals surface area contributed by atoms with E-state index in [4.69, 9.17) is 9.15 Å². The fourth-order valence-electron chi connectivity index (χ4n) is 4.63. The first-order valence-electron chi connectivity index (χ1n) is 12.2. The number of carbonyl (C=O) groups excluding carboxylic acids is 1. The predicted octanol–water partition coefficient (Wildman–Crippen LogP) is 2.38. The van der Waals surface area contributed by atoms with Crippen molar-refractivity contribution in [2.75, 3.05) is 32.8 Å². The van der Waals surface area contributed by atoms with Gasteiger partial charge in [-0.05, 0) is 30.2 Å². The van der Waals surface area contributed by atoms with Crippen LogP contribution in [0.25, 0.3) is 0 Å². The van der Waals surface area contributed by atoms with Crippen LogP contribution in [0, 0.1) is 6.92 Å². The Hall–Kier alpha value is -3.47. The van der Waals surface area contributed by atoms with Crippen molar-refractivity contribution >= 4 is 15.9 Å². The zero-order valence-corrected chi connectivity index (χ0v) is 21.4. The van der Waals surface area contributed by atoms with Crippen molar-refractivity contribution in [2.45, 2.75) is 31.5 Å². The van der Waals surface area contributed by atoms with Gasteiger partial charge in [-0.1, -0.05) is 42.0 Å². The molecular weight excluding hydrogens is 494 g/mol. The summed E-state index contributed by atoms with van der Waals surface area (Å²) in [5.74, 6) is 0.190. The van der Waals surface area contributed by atoms with Gasteiger partial charge in [0.25, 0.3) is 5.91 Å². The van der Waals surface area contributed by atoms with Crippen molar-refractivity contribution in [3.63, 3.8) is 0 Å². The molecule has 1 fully saturated rings. The second kappa shape index (κ2) is 10.5. The number of piperazine rings is 1. The van der Waals surface area contributed by atoms with Gasteiger partial charge in [0.05, 0.1) is 11.4 Å². The molecule has 0 aliphatic carbocycles. The van der Waals surface area contributed by atoms with Crippen LogP contribution in [-0.2, 0) is 34.5 Å². The smallest absolute Gasteiger partial charge is 0.260 e. The minimum absolute atomic E-state index is 0.0256. The number of nitrogens with zero attached hydrogens (tertiary/aromatic N) is 3. The van der Waals surface area contributed by atoms with Crippen LogP contribution in [0.3, 0.4) is 0 Å². The molecule has 1 saturated heterocycles. The number of aryl methyl sites for hydroxylation is 1. The van der Waals surface area contributed by atoms with E-state index in [-0.39, 0.29) is 54.8 Å². The number of sulfonamides is 1. The summed E-state index contributed by atoms with van der Waals surface area (Å²) in [7, 11) is -3.61. The van der Waals surface area contributed by atoms with E-state index >= 15 is 0 Å². The van der Waals surface area contributed by atoms with Gasteiger partial charge in [0.1, 0.15) is 12.0 Å². The average molecular weight is 524 g/mol. The molecule has 0 atom stereocenters. The van der Waals surface area contributed by atoms with Gasteiger partial charge in [0.2, 0.25) is 21.2 Å². The van der Waals surface area contributed by atoms with Gasteiger partial charge in [0, 0.05) is 45.3 Å². The maximum atomic E-state index is 12.9. The molecule has 3 heterocycles. The highest BCUT2D eigenvalue weighted by Crippen LogP contribution is 2.24. The van der Waals surface area contributed by atoms with Crippen molar-refractivity contribution in [3.05, 3.63) is 93.5 Å². The summed E-state index contributed by atoms with van der Waals surface area (Å²) in [4.78, 5) is 29.1. The van der Waals surface area contributed by atoms with Gasteiger partial charge in [-0.2, -0.15) is 4.31 Å². The Labute approximate surface area is 215 Å². The van der Waals surface area contributed by atoms with Crippen LogP contribution in [0.4, 0.5) is 0 Å². The fraction of sp³-hybridized carbons (Fsp3) is 0.333. The number of hydrogen-bond acceptors (Lipinski definition) is 7. The number of carbonyl (C=O) groups is 1. The molecule has 5 rings (SSSR count). The molecule has 0 spiro atoms. The second-order valence-electron chi connectivity index (χ2n) is 9.38. The third kappa shape index (κ3) is 5.61. The molecule has 10 heteroatoms. The molecule has 2 aliphatic rings. The second-order valence-corrected chi connectivity index (χ2v) is 11.3. The van der Waals surface area contributed by atoms with E-state index < -0.39 is 10.0 Å². The zero-order chi connectivity index (χ0) is 26.0. The molecule has 0 bridgehead atoms. The number of hydrogen-bond donors (Lipinski definition) is 0. The van der Waals surface area contributed by atoms with Crippen molar-refractivity contribution in [1.29, 1.82) is 0 Å². The Bertz CT molecular complexity index is 1420. The third-order valence-electron chi connectivity index (χ3n) is 6.74. The van der Waals surface area contributed by atoms with E-state index in [9.17, 15) is 18.0 Å². The van der Waals surface area contributed by atoms with Crippen molar-refractivity contribution in [1.82, 2.24) is 14.1 Å². The largest absolute Gasteiger partial charge is 0.477 e. The van der Waals surface area contributed by atoms with Crippen LogP contribution in [0.1, 0.15) is 22.5 Å². The first-order chi connectivity index (χ1) is 17.8. The molecule has 1 aromatic heterocycles. The summed E-state index contributed by atoms with van der Waals surface area (Å²) in [6.07, 6.45) is 1.25. The Morgan fingerprint density at radius 3 is 2.24 bits per heavy atom. The van der Waals surface area contributed by atoms with E-state index in [0.29, 0.717) is 12.3 Å². The fourth-order valence-corrected chi connectivity index (χ4v) is 6.05. The van der Waals surface area contributed by atoms with Crippen LogP contribution in [-0.4, -0.2) is 61.2 Å². The van der Waals surface area contributed by atoms with Gasteiger partial charge in [-0.25, -0.2) is 8.42 Å². The maximum absolute atomic E-state index is 12.9. The SMILES string of the molecule is Cc1ccc(S(=O)(=O)N2CCN(C(=O)COc3coc(CN4Cc5ccccc5C4)cc3=O)CC2)cc1. The summed E-state index contributed by atoms with van der Waals surface area (Å²) in [5.41, 5.74) is 3.18. The van der Waals surface area contributed by atoms with Crippen molar-refractivity contribution in [3.8, 4) is 5.75 Å². The lowest BCUT2D eigenvalue weighted by atomic mass is 10.1. The van der Waals surface area contributed by atoms with Gasteiger partial charge in [-0.3, -0.25) is 14.5 Å². The Morgan fingerprint density at radius 2 is 1.62 bits per heavy atom. The first-order valence-corrected chi connectivity index (χ1v) is 13.6. The monoisotopic (exact) mass is 523 g/mol. The molecule has 9 nitrogen and oxygen atoms in total. The molecule has 0 radical (unpaired) electrons. The van der Waals surface area contributed by atoms with Gasteiger partial charge < -0.3 is 14.1 Å². The van der Waals surface area contributed by atoms with Crippen LogP contribution in [0.5, 0.6) is 5.75 Å². The minimum atomic E-state index is -3.61. The summed E-state index contributed by atoms with van der Waals surface area (Å²) in [6, 6.07) is 16.3. The lowest BCUT2D eigenvalue weighted by Crippen LogP contribution is -2.51. The standard InChI is InChI=1S/C27H29N3O6S/c1-20-6-8-24(9-7-20)37(33,34)30-12-10-29(11-13-30)27(32)19-36-26-18-35-23(14-25(26)31)17-28-15-21-4-2-3-5-22(21)16-28/h2-9,14,18H,10-13,15-17,19H2,1H3. The quantitative estimate of drug-likeness (QED) is 0.469. The van der Waals surface area contributed by atoms with E-state index in [0.717, 1.165) is 18.7 Å². The van der Waals surface area contributed by atoms with E-state index in [1.807, 2.05) is 19.1 Å². The highest BCUT2D eigenvalue weighted by Gasteiger charge is 2.30. The lowest BCUT2D eigenvalue weighted by Gasteiger charge is -2.33. The van der Waals surface area contributed by atoms with Gasteiger partial charge in [0.15, 0.2) is 6.61 Å². The molecule has 2 aliphatic heterocycles. The molecule has 194 valence electrons. The minimum Gasteiger partial charge on any atom is -0.477 e. The number of amides is 1. The predicted molar refractivity (Wildman–Crippen MR) is 136 cm³/mol. The van der Waals surface area contributed by atoms with Gasteiger partial charge in [-0.15, -0.1) is 0 Å². The van der Waals surface area contributed by atoms with Crippen molar-refractivity contribution < 1.29 is 22.4 Å². The highest BCUT2D eigenvalue weighted by atomic mass is 32.2. The van der Waals surface area contributed by atoms with Crippen LogP contribution in [0.15, 0.2) is 75.0 Å². The highest BCUT2D eigenvalue weighted by molar-refractivity contribution is 7.89. The molecular formula is C27H29N3O6S. The number of fused-ring (bicyclic) bond motifs is 1. The number of ether oxygens (including phenoxy) is 1. The third-order valence-corrected chi connectivity index (χ3v) is 8.65. The average Bonchev–Trinajstić information content (AvgIpc) is 3.31. The number of rotatable bonds is 7. The molecule has 3 aromatic rings. The van der Waals surface area contributed by atoms with E-state index in [1.54, 1.807) is 29.2 Å². The van der Waals surface area contributed by atoms with Crippen molar-refractivity contribution in [2.24, 2.45) is 0 Å². The van der Waals surface area contributed by atoms with Crippen LogP contribution >= 0.6 is 0 Å². The Balaban J connectivity index is 1.11. The number of benzene rings is 2. The summed E-state index contributed by atoms with van der Waals surface area (Å²) >= 11 is 0. The Morgan fingerprint density at radius 1 is 0.973 bits per heavy atom. The molecule has 0 unspecified atom stereocenters. The molecule has 0 saturated carbocycles. The normalized spacial score (nSPS) is 16.5. The first kappa shape index (κ1) is 25.2. The molecule has 1 amide bonds. The summed E-state index contributed by atoms with van der Waals surface area (Å²) < 4.78 is 38.2. The molecule has 0 N–H and O–H groups in total. The van der Waals surface area contributed by atoms with Gasteiger partial charge >= 0.3 is 0 Å². The maximum Gasteiger partial charge on any atom is 0.260 e. The summed E-state index contributed by atoms with van der Waals surface area (Å²) in [6.45, 7) is 4.55. The lowest BCUT2D eigenvalue weighted by molar-refractivity contribution is -0.134. The zero-order valence-electron chi connectivity index (χ0n) is 20.6. The molecule has 2 aromatic carbocycles. The van der Waals surface area contributed by atoms with Crippen LogP contribution < -0.4 is 10.2 Å². The summed E-state index contributed by atoms with van der Waals surface area (Å²) in [5, 5.41) is 0. The van der Waals surface area contributed by atoms with Crippen LogP contribution in [0.2, 0.25) is 0 Å². The van der Waals surface area contributed by atoms with E-state index in [2.05, 4.69) is 17.0 Å². The Kier molecular flexibility index (Phi) is 7.14. The van der Waals surface area contributed by atoms with E-state index in [1.165, 1.54) is 27.8 Å². The topological polar surface area (TPSA) is 100 Å².